The van der Waals surface area contributed by atoms with Crippen LogP contribution in [0.3, 0.4) is 0 Å². The minimum Gasteiger partial charge on any atom is -0.387 e. The SMILES string of the molecule is Cn1ccc2cc(C(O)CNC(=O)C(=O)Nc3cc(Cl)ccc3C#N)ccc21. The number of aliphatic hydroxyl groups excluding tert-OH is 1. The number of rotatable bonds is 4. The highest BCUT2D eigenvalue weighted by Gasteiger charge is 2.18. The van der Waals surface area contributed by atoms with Crippen LogP contribution >= 0.6 is 11.6 Å². The summed E-state index contributed by atoms with van der Waals surface area (Å²) < 4.78 is 1.96. The van der Waals surface area contributed by atoms with Gasteiger partial charge in [0.05, 0.1) is 17.4 Å². The van der Waals surface area contributed by atoms with E-state index in [0.717, 1.165) is 10.9 Å². The third-order valence-electron chi connectivity index (χ3n) is 4.31. The first-order chi connectivity index (χ1) is 13.4. The molecule has 0 spiro atoms. The van der Waals surface area contributed by atoms with Gasteiger partial charge < -0.3 is 20.3 Å². The van der Waals surface area contributed by atoms with E-state index in [2.05, 4.69) is 10.6 Å². The van der Waals surface area contributed by atoms with Crippen molar-refractivity contribution in [3.63, 3.8) is 0 Å². The lowest BCUT2D eigenvalue weighted by molar-refractivity contribution is -0.136. The second kappa shape index (κ2) is 8.13. The van der Waals surface area contributed by atoms with Crippen LogP contribution in [0.15, 0.2) is 48.7 Å². The summed E-state index contributed by atoms with van der Waals surface area (Å²) in [4.78, 5) is 24.1. The van der Waals surface area contributed by atoms with Gasteiger partial charge in [0.15, 0.2) is 0 Å². The number of hydrogen-bond donors (Lipinski definition) is 3. The Morgan fingerprint density at radius 1 is 1.21 bits per heavy atom. The molecule has 0 bridgehead atoms. The van der Waals surface area contributed by atoms with Crippen molar-refractivity contribution in [2.45, 2.75) is 6.10 Å². The zero-order chi connectivity index (χ0) is 20.3. The normalized spacial score (nSPS) is 11.6. The minimum absolute atomic E-state index is 0.134. The molecule has 1 unspecified atom stereocenters. The Morgan fingerprint density at radius 2 is 2.00 bits per heavy atom. The van der Waals surface area contributed by atoms with E-state index in [1.165, 1.54) is 18.2 Å². The number of benzene rings is 2. The molecule has 0 saturated heterocycles. The Hall–Kier alpha value is -3.34. The number of aliphatic hydroxyl groups is 1. The number of nitriles is 1. The van der Waals surface area contributed by atoms with E-state index in [4.69, 9.17) is 16.9 Å². The van der Waals surface area contributed by atoms with E-state index in [0.29, 0.717) is 10.6 Å². The average Bonchev–Trinajstić information content (AvgIpc) is 3.06. The molecule has 3 rings (SSSR count). The molecule has 7 nitrogen and oxygen atoms in total. The molecule has 2 amide bonds. The summed E-state index contributed by atoms with van der Waals surface area (Å²) in [5.74, 6) is -1.88. The lowest BCUT2D eigenvalue weighted by atomic mass is 10.1. The number of aryl methyl sites for hydroxylation is 1. The minimum atomic E-state index is -0.970. The van der Waals surface area contributed by atoms with Crippen molar-refractivity contribution in [2.24, 2.45) is 7.05 Å². The number of halogens is 1. The molecule has 0 radical (unpaired) electrons. The number of carbonyl (C=O) groups excluding carboxylic acids is 2. The number of aromatic nitrogens is 1. The van der Waals surface area contributed by atoms with Crippen molar-refractivity contribution in [1.29, 1.82) is 5.26 Å². The van der Waals surface area contributed by atoms with E-state index in [1.807, 2.05) is 42.1 Å². The largest absolute Gasteiger partial charge is 0.387 e. The van der Waals surface area contributed by atoms with Crippen molar-refractivity contribution < 1.29 is 14.7 Å². The predicted octanol–water partition coefficient (Wildman–Crippen LogP) is 2.49. The maximum atomic E-state index is 12.1. The molecule has 0 fully saturated rings. The number of nitrogens with zero attached hydrogens (tertiary/aromatic N) is 2. The van der Waals surface area contributed by atoms with Crippen LogP contribution in [-0.4, -0.2) is 28.0 Å². The molecule has 3 N–H and O–H groups in total. The van der Waals surface area contributed by atoms with Gasteiger partial charge in [0.2, 0.25) is 0 Å². The van der Waals surface area contributed by atoms with Gasteiger partial charge >= 0.3 is 11.8 Å². The fraction of sp³-hybridized carbons (Fsp3) is 0.150. The maximum Gasteiger partial charge on any atom is 0.313 e. The highest BCUT2D eigenvalue weighted by atomic mass is 35.5. The fourth-order valence-electron chi connectivity index (χ4n) is 2.79. The molecule has 28 heavy (non-hydrogen) atoms. The van der Waals surface area contributed by atoms with Crippen LogP contribution in [0.1, 0.15) is 17.2 Å². The molecule has 3 aromatic rings. The number of amides is 2. The van der Waals surface area contributed by atoms with Crippen molar-refractivity contribution in [3.8, 4) is 6.07 Å². The Kier molecular flexibility index (Phi) is 5.64. The lowest BCUT2D eigenvalue weighted by Gasteiger charge is -2.13. The third-order valence-corrected chi connectivity index (χ3v) is 4.54. The number of hydrogen-bond acceptors (Lipinski definition) is 4. The lowest BCUT2D eigenvalue weighted by Crippen LogP contribution is -2.37. The van der Waals surface area contributed by atoms with Gasteiger partial charge in [-0.3, -0.25) is 9.59 Å². The highest BCUT2D eigenvalue weighted by Crippen LogP contribution is 2.21. The Morgan fingerprint density at radius 3 is 2.75 bits per heavy atom. The van der Waals surface area contributed by atoms with Crippen LogP contribution in [-0.2, 0) is 16.6 Å². The van der Waals surface area contributed by atoms with Crippen LogP contribution < -0.4 is 10.6 Å². The van der Waals surface area contributed by atoms with Crippen LogP contribution in [0.5, 0.6) is 0 Å². The van der Waals surface area contributed by atoms with Crippen LogP contribution in [0.25, 0.3) is 10.9 Å². The molecule has 0 saturated carbocycles. The smallest absolute Gasteiger partial charge is 0.313 e. The van der Waals surface area contributed by atoms with Gasteiger partial charge in [0, 0.05) is 30.3 Å². The van der Waals surface area contributed by atoms with Gasteiger partial charge in [-0.05, 0) is 47.3 Å². The first-order valence-electron chi connectivity index (χ1n) is 8.41. The number of carbonyl (C=O) groups is 2. The molecule has 0 aliphatic carbocycles. The summed E-state index contributed by atoms with van der Waals surface area (Å²) >= 11 is 5.85. The summed E-state index contributed by atoms with van der Waals surface area (Å²) in [6, 6.07) is 13.7. The van der Waals surface area contributed by atoms with Crippen LogP contribution in [0, 0.1) is 11.3 Å². The fourth-order valence-corrected chi connectivity index (χ4v) is 2.96. The van der Waals surface area contributed by atoms with Gasteiger partial charge in [-0.1, -0.05) is 17.7 Å². The average molecular weight is 397 g/mol. The van der Waals surface area contributed by atoms with E-state index in [9.17, 15) is 14.7 Å². The topological polar surface area (TPSA) is 107 Å². The van der Waals surface area contributed by atoms with Crippen LogP contribution in [0.4, 0.5) is 5.69 Å². The van der Waals surface area contributed by atoms with Crippen molar-refractivity contribution in [3.05, 3.63) is 64.8 Å². The second-order valence-corrected chi connectivity index (χ2v) is 6.66. The van der Waals surface area contributed by atoms with Crippen molar-refractivity contribution in [2.75, 3.05) is 11.9 Å². The summed E-state index contributed by atoms with van der Waals surface area (Å²) in [6.45, 7) is -0.134. The molecular weight excluding hydrogens is 380 g/mol. The van der Waals surface area contributed by atoms with E-state index in [-0.39, 0.29) is 17.8 Å². The molecular formula is C20H17ClN4O3. The maximum absolute atomic E-state index is 12.1. The molecule has 1 atom stereocenters. The first-order valence-corrected chi connectivity index (χ1v) is 8.78. The molecule has 2 aromatic carbocycles. The molecule has 1 aromatic heterocycles. The molecule has 0 aliphatic heterocycles. The van der Waals surface area contributed by atoms with E-state index >= 15 is 0 Å². The molecule has 8 heteroatoms. The van der Waals surface area contributed by atoms with Gasteiger partial charge in [-0.15, -0.1) is 0 Å². The Balaban J connectivity index is 1.62. The van der Waals surface area contributed by atoms with Crippen molar-refractivity contribution in [1.82, 2.24) is 9.88 Å². The third kappa shape index (κ3) is 4.14. The van der Waals surface area contributed by atoms with Gasteiger partial charge in [0.1, 0.15) is 6.07 Å². The van der Waals surface area contributed by atoms with E-state index in [1.54, 1.807) is 6.07 Å². The van der Waals surface area contributed by atoms with Gasteiger partial charge in [0.25, 0.3) is 0 Å². The molecule has 0 aliphatic rings. The zero-order valence-electron chi connectivity index (χ0n) is 14.9. The summed E-state index contributed by atoms with van der Waals surface area (Å²) in [5.41, 5.74) is 1.97. The number of anilines is 1. The monoisotopic (exact) mass is 396 g/mol. The zero-order valence-corrected chi connectivity index (χ0v) is 15.7. The van der Waals surface area contributed by atoms with Gasteiger partial charge in [-0.2, -0.15) is 5.26 Å². The standard InChI is InChI=1S/C20H17ClN4O3/c1-25-7-6-12-8-13(3-5-17(12)25)18(26)11-23-19(27)20(28)24-16-9-15(21)4-2-14(16)10-22/h2-9,18,26H,11H2,1H3,(H,23,27)(H,24,28). The Bertz CT molecular complexity index is 1100. The number of nitrogens with one attached hydrogen (secondary N) is 2. The highest BCUT2D eigenvalue weighted by molar-refractivity contribution is 6.40. The van der Waals surface area contributed by atoms with E-state index < -0.39 is 17.9 Å². The molecule has 142 valence electrons. The summed E-state index contributed by atoms with van der Waals surface area (Å²) in [7, 11) is 1.93. The summed E-state index contributed by atoms with van der Waals surface area (Å²) in [5, 5.41) is 25.4. The first kappa shape index (κ1) is 19.4. The second-order valence-electron chi connectivity index (χ2n) is 6.23. The van der Waals surface area contributed by atoms with Crippen molar-refractivity contribution >= 4 is 40.0 Å². The summed E-state index contributed by atoms with van der Waals surface area (Å²) in [6.07, 6.45) is 0.945. The predicted molar refractivity (Wildman–Crippen MR) is 106 cm³/mol. The van der Waals surface area contributed by atoms with Gasteiger partial charge in [-0.25, -0.2) is 0 Å². The van der Waals surface area contributed by atoms with Crippen LogP contribution in [0.2, 0.25) is 5.02 Å². The number of fused-ring (bicyclic) bond motifs is 1. The Labute approximate surface area is 166 Å². The quantitative estimate of drug-likeness (QED) is 0.589. The molecule has 1 heterocycles.